The summed E-state index contributed by atoms with van der Waals surface area (Å²) in [6, 6.07) is 14.2. The third-order valence-electron chi connectivity index (χ3n) is 3.08. The summed E-state index contributed by atoms with van der Waals surface area (Å²) in [6.45, 7) is 0. The van der Waals surface area contributed by atoms with Gasteiger partial charge in [0.05, 0.1) is 24.4 Å². The number of hydrogen-bond donors (Lipinski definition) is 0. The summed E-state index contributed by atoms with van der Waals surface area (Å²) in [4.78, 5) is 4.63. The number of ether oxygens (including phenoxy) is 2. The molecule has 0 aliphatic rings. The van der Waals surface area contributed by atoms with Crippen LogP contribution in [0, 0.1) is 0 Å². The van der Waals surface area contributed by atoms with Crippen molar-refractivity contribution in [1.82, 2.24) is 4.98 Å². The van der Waals surface area contributed by atoms with E-state index in [1.807, 2.05) is 30.3 Å². The highest BCUT2D eigenvalue weighted by molar-refractivity contribution is 8.00. The Bertz CT molecular complexity index is 722. The van der Waals surface area contributed by atoms with E-state index in [0.29, 0.717) is 0 Å². The Labute approximate surface area is 131 Å². The Morgan fingerprint density at radius 2 is 1.86 bits per heavy atom. The summed E-state index contributed by atoms with van der Waals surface area (Å²) < 4.78 is 12.9. The molecule has 108 valence electrons. The molecule has 0 spiro atoms. The molecule has 0 saturated heterocycles. The molecule has 0 N–H and O–H groups in total. The molecule has 1 heterocycles. The second-order valence-electron chi connectivity index (χ2n) is 4.43. The fourth-order valence-corrected chi connectivity index (χ4v) is 4.04. The van der Waals surface area contributed by atoms with Gasteiger partial charge in [-0.25, -0.2) is 4.98 Å². The number of para-hydroxylation sites is 1. The topological polar surface area (TPSA) is 31.4 Å². The highest BCUT2D eigenvalue weighted by Gasteiger charge is 2.07. The van der Waals surface area contributed by atoms with Gasteiger partial charge >= 0.3 is 0 Å². The number of aromatic nitrogens is 1. The molecule has 0 amide bonds. The molecule has 3 aromatic rings. The zero-order valence-corrected chi connectivity index (χ0v) is 13.5. The van der Waals surface area contributed by atoms with Gasteiger partial charge in [-0.3, -0.25) is 0 Å². The highest BCUT2D eigenvalue weighted by atomic mass is 32.2. The second kappa shape index (κ2) is 6.37. The predicted octanol–water partition coefficient (Wildman–Crippen LogP) is 4.61. The van der Waals surface area contributed by atoms with Crippen molar-refractivity contribution >= 4 is 33.3 Å². The number of fused-ring (bicyclic) bond motifs is 1. The molecule has 0 atom stereocenters. The Morgan fingerprint density at radius 1 is 1.05 bits per heavy atom. The van der Waals surface area contributed by atoms with Crippen LogP contribution in [-0.4, -0.2) is 19.2 Å². The summed E-state index contributed by atoms with van der Waals surface area (Å²) in [6.07, 6.45) is 0. The Morgan fingerprint density at radius 3 is 2.62 bits per heavy atom. The molecule has 0 aliphatic carbocycles. The molecule has 0 bridgehead atoms. The van der Waals surface area contributed by atoms with Crippen LogP contribution in [0.2, 0.25) is 0 Å². The van der Waals surface area contributed by atoms with Crippen molar-refractivity contribution in [3.05, 3.63) is 48.0 Å². The maximum atomic E-state index is 5.33. The lowest BCUT2D eigenvalue weighted by Crippen LogP contribution is -1.91. The monoisotopic (exact) mass is 317 g/mol. The van der Waals surface area contributed by atoms with Gasteiger partial charge in [0, 0.05) is 5.75 Å². The van der Waals surface area contributed by atoms with E-state index >= 15 is 0 Å². The van der Waals surface area contributed by atoms with Gasteiger partial charge in [-0.15, -0.1) is 11.3 Å². The van der Waals surface area contributed by atoms with Crippen molar-refractivity contribution in [3.8, 4) is 11.5 Å². The average Bonchev–Trinajstić information content (AvgIpc) is 2.95. The van der Waals surface area contributed by atoms with Crippen LogP contribution < -0.4 is 9.47 Å². The second-order valence-corrected chi connectivity index (χ2v) is 6.68. The van der Waals surface area contributed by atoms with E-state index in [1.54, 1.807) is 37.3 Å². The standard InChI is InChI=1S/C16H15NO2S2/c1-18-13-8-7-11(9-14(13)19-2)10-20-16-17-12-5-3-4-6-15(12)21-16/h3-9H,10H2,1-2H3. The van der Waals surface area contributed by atoms with E-state index in [-0.39, 0.29) is 0 Å². The molecular weight excluding hydrogens is 302 g/mol. The van der Waals surface area contributed by atoms with Crippen LogP contribution in [0.3, 0.4) is 0 Å². The van der Waals surface area contributed by atoms with Crippen LogP contribution in [0.1, 0.15) is 5.56 Å². The molecule has 3 rings (SSSR count). The summed E-state index contributed by atoms with van der Waals surface area (Å²) in [5.41, 5.74) is 2.26. The minimum atomic E-state index is 0.756. The van der Waals surface area contributed by atoms with Crippen molar-refractivity contribution in [1.29, 1.82) is 0 Å². The quantitative estimate of drug-likeness (QED) is 0.643. The van der Waals surface area contributed by atoms with E-state index < -0.39 is 0 Å². The molecule has 0 radical (unpaired) electrons. The molecule has 0 aliphatic heterocycles. The third-order valence-corrected chi connectivity index (χ3v) is 5.34. The molecule has 0 fully saturated rings. The van der Waals surface area contributed by atoms with Crippen LogP contribution in [0.5, 0.6) is 11.5 Å². The molecule has 21 heavy (non-hydrogen) atoms. The van der Waals surface area contributed by atoms with Gasteiger partial charge in [0.2, 0.25) is 0 Å². The first-order valence-electron chi connectivity index (χ1n) is 6.49. The van der Waals surface area contributed by atoms with Gasteiger partial charge in [0.15, 0.2) is 15.8 Å². The van der Waals surface area contributed by atoms with Crippen LogP contribution >= 0.6 is 23.1 Å². The molecule has 0 unspecified atom stereocenters. The highest BCUT2D eigenvalue weighted by Crippen LogP contribution is 2.33. The zero-order chi connectivity index (χ0) is 14.7. The van der Waals surface area contributed by atoms with Crippen LogP contribution in [0.15, 0.2) is 46.8 Å². The van der Waals surface area contributed by atoms with E-state index in [4.69, 9.17) is 9.47 Å². The maximum Gasteiger partial charge on any atom is 0.161 e. The number of thiazole rings is 1. The number of thioether (sulfide) groups is 1. The zero-order valence-electron chi connectivity index (χ0n) is 11.8. The van der Waals surface area contributed by atoms with Gasteiger partial charge in [-0.05, 0) is 29.8 Å². The molecule has 3 nitrogen and oxygen atoms in total. The summed E-state index contributed by atoms with van der Waals surface area (Å²) in [5.74, 6) is 2.38. The average molecular weight is 317 g/mol. The summed E-state index contributed by atoms with van der Waals surface area (Å²) in [7, 11) is 3.30. The van der Waals surface area contributed by atoms with Crippen molar-refractivity contribution in [3.63, 3.8) is 0 Å². The Balaban J connectivity index is 1.75. The van der Waals surface area contributed by atoms with Gasteiger partial charge < -0.3 is 9.47 Å². The number of methoxy groups -OCH3 is 2. The Hall–Kier alpha value is -1.72. The largest absolute Gasteiger partial charge is 0.493 e. The van der Waals surface area contributed by atoms with Crippen molar-refractivity contribution in [2.24, 2.45) is 0 Å². The fourth-order valence-electron chi connectivity index (χ4n) is 2.03. The van der Waals surface area contributed by atoms with Gasteiger partial charge in [0.25, 0.3) is 0 Å². The van der Waals surface area contributed by atoms with Crippen molar-refractivity contribution in [2.75, 3.05) is 14.2 Å². The minimum absolute atomic E-state index is 0.756. The molecule has 2 aromatic carbocycles. The maximum absolute atomic E-state index is 5.33. The van der Waals surface area contributed by atoms with Crippen LogP contribution in [0.25, 0.3) is 10.2 Å². The van der Waals surface area contributed by atoms with Crippen LogP contribution in [-0.2, 0) is 5.75 Å². The number of hydrogen-bond acceptors (Lipinski definition) is 5. The number of benzene rings is 2. The third kappa shape index (κ3) is 3.14. The Kier molecular flexibility index (Phi) is 4.31. The minimum Gasteiger partial charge on any atom is -0.493 e. The molecular formula is C16H15NO2S2. The first kappa shape index (κ1) is 14.2. The van der Waals surface area contributed by atoms with Crippen molar-refractivity contribution < 1.29 is 9.47 Å². The molecule has 1 aromatic heterocycles. The number of nitrogens with zero attached hydrogens (tertiary/aromatic N) is 1. The van der Waals surface area contributed by atoms with E-state index in [9.17, 15) is 0 Å². The smallest absolute Gasteiger partial charge is 0.161 e. The first-order valence-corrected chi connectivity index (χ1v) is 8.29. The lowest BCUT2D eigenvalue weighted by molar-refractivity contribution is 0.354. The van der Waals surface area contributed by atoms with Gasteiger partial charge in [-0.2, -0.15) is 0 Å². The van der Waals surface area contributed by atoms with Gasteiger partial charge in [0.1, 0.15) is 0 Å². The molecule has 0 saturated carbocycles. The van der Waals surface area contributed by atoms with Crippen LogP contribution in [0.4, 0.5) is 0 Å². The van der Waals surface area contributed by atoms with Crippen molar-refractivity contribution in [2.45, 2.75) is 10.1 Å². The van der Waals surface area contributed by atoms with E-state index in [2.05, 4.69) is 17.1 Å². The van der Waals surface area contributed by atoms with E-state index in [1.165, 1.54) is 10.3 Å². The first-order chi connectivity index (χ1) is 10.3. The van der Waals surface area contributed by atoms with Gasteiger partial charge in [-0.1, -0.05) is 30.0 Å². The fraction of sp³-hybridized carbons (Fsp3) is 0.188. The SMILES string of the molecule is COc1ccc(CSc2nc3ccccc3s2)cc1OC. The van der Waals surface area contributed by atoms with E-state index in [0.717, 1.165) is 27.1 Å². The lowest BCUT2D eigenvalue weighted by Gasteiger charge is -2.08. The number of rotatable bonds is 5. The summed E-state index contributed by atoms with van der Waals surface area (Å²) >= 11 is 3.47. The normalized spacial score (nSPS) is 10.8. The summed E-state index contributed by atoms with van der Waals surface area (Å²) in [5, 5.41) is 0. The lowest BCUT2D eigenvalue weighted by atomic mass is 10.2. The predicted molar refractivity (Wildman–Crippen MR) is 88.7 cm³/mol. The molecule has 5 heteroatoms.